The van der Waals surface area contributed by atoms with Crippen LogP contribution in [0.15, 0.2) is 12.1 Å². The van der Waals surface area contributed by atoms with Gasteiger partial charge in [-0.05, 0) is 19.1 Å². The molecule has 17 heavy (non-hydrogen) atoms. The standard InChI is InChI=1S/C10H10ClF2NO3/c1-2-16-9(15)7-6(17-10(12)13)4-3-5(11)8(7)14/h3-4,10H,2,14H2,1H3. The number of esters is 1. The van der Waals surface area contributed by atoms with Crippen LogP contribution in [0.25, 0.3) is 0 Å². The highest BCUT2D eigenvalue weighted by atomic mass is 35.5. The van der Waals surface area contributed by atoms with Crippen LogP contribution in [-0.4, -0.2) is 19.2 Å². The molecule has 0 bridgehead atoms. The Balaban J connectivity index is 3.21. The fraction of sp³-hybridized carbons (Fsp3) is 0.300. The monoisotopic (exact) mass is 265 g/mol. The van der Waals surface area contributed by atoms with Crippen LogP contribution in [0.5, 0.6) is 5.75 Å². The summed E-state index contributed by atoms with van der Waals surface area (Å²) in [6.45, 7) is -1.41. The van der Waals surface area contributed by atoms with Gasteiger partial charge in [0.1, 0.15) is 11.3 Å². The third kappa shape index (κ3) is 3.20. The number of halogens is 3. The predicted molar refractivity (Wildman–Crippen MR) is 58.5 cm³/mol. The zero-order valence-electron chi connectivity index (χ0n) is 8.88. The molecule has 1 aromatic carbocycles. The van der Waals surface area contributed by atoms with Gasteiger partial charge < -0.3 is 15.2 Å². The topological polar surface area (TPSA) is 61.5 Å². The summed E-state index contributed by atoms with van der Waals surface area (Å²) in [6, 6.07) is 2.40. The van der Waals surface area contributed by atoms with Gasteiger partial charge in [0.05, 0.1) is 17.3 Å². The summed E-state index contributed by atoms with van der Waals surface area (Å²) < 4.78 is 33.1. The first-order chi connectivity index (χ1) is 7.97. The van der Waals surface area contributed by atoms with E-state index in [1.807, 2.05) is 0 Å². The lowest BCUT2D eigenvalue weighted by molar-refractivity contribution is -0.0503. The van der Waals surface area contributed by atoms with E-state index in [1.54, 1.807) is 6.92 Å². The van der Waals surface area contributed by atoms with Crippen molar-refractivity contribution in [1.82, 2.24) is 0 Å². The molecule has 4 nitrogen and oxygen atoms in total. The summed E-state index contributed by atoms with van der Waals surface area (Å²) in [7, 11) is 0. The Kier molecular flexibility index (Phi) is 4.51. The van der Waals surface area contributed by atoms with Gasteiger partial charge in [-0.2, -0.15) is 8.78 Å². The van der Waals surface area contributed by atoms with E-state index in [4.69, 9.17) is 17.3 Å². The second kappa shape index (κ2) is 5.67. The lowest BCUT2D eigenvalue weighted by Crippen LogP contribution is -2.13. The Morgan fingerprint density at radius 2 is 2.18 bits per heavy atom. The molecule has 0 atom stereocenters. The van der Waals surface area contributed by atoms with E-state index in [1.165, 1.54) is 6.07 Å². The zero-order chi connectivity index (χ0) is 13.0. The average Bonchev–Trinajstić information content (AvgIpc) is 2.23. The number of hydrogen-bond acceptors (Lipinski definition) is 4. The van der Waals surface area contributed by atoms with Gasteiger partial charge in [0.15, 0.2) is 0 Å². The molecule has 94 valence electrons. The molecular formula is C10H10ClF2NO3. The summed E-state index contributed by atoms with van der Waals surface area (Å²) >= 11 is 5.69. The number of alkyl halides is 2. The van der Waals surface area contributed by atoms with Gasteiger partial charge in [-0.1, -0.05) is 11.6 Å². The van der Waals surface area contributed by atoms with Crippen molar-refractivity contribution < 1.29 is 23.0 Å². The largest absolute Gasteiger partial charge is 0.462 e. The molecule has 7 heteroatoms. The first-order valence-corrected chi connectivity index (χ1v) is 5.05. The average molecular weight is 266 g/mol. The number of benzene rings is 1. The Bertz CT molecular complexity index is 426. The summed E-state index contributed by atoms with van der Waals surface area (Å²) in [4.78, 5) is 11.5. The molecule has 1 aromatic rings. The molecule has 0 aliphatic rings. The van der Waals surface area contributed by atoms with Gasteiger partial charge in [0.25, 0.3) is 0 Å². The smallest absolute Gasteiger partial charge is 0.387 e. The fourth-order valence-corrected chi connectivity index (χ4v) is 1.34. The third-order valence-electron chi connectivity index (χ3n) is 1.85. The zero-order valence-corrected chi connectivity index (χ0v) is 9.63. The second-order valence-corrected chi connectivity index (χ2v) is 3.34. The lowest BCUT2D eigenvalue weighted by Gasteiger charge is -2.12. The van der Waals surface area contributed by atoms with Crippen LogP contribution in [0.4, 0.5) is 14.5 Å². The molecule has 0 aliphatic carbocycles. The maximum Gasteiger partial charge on any atom is 0.387 e. The molecular weight excluding hydrogens is 256 g/mol. The van der Waals surface area contributed by atoms with E-state index in [9.17, 15) is 13.6 Å². The molecule has 0 saturated heterocycles. The molecule has 0 amide bonds. The van der Waals surface area contributed by atoms with Crippen LogP contribution in [0, 0.1) is 0 Å². The van der Waals surface area contributed by atoms with Gasteiger partial charge in [-0.3, -0.25) is 0 Å². The Labute approximate surface area is 101 Å². The van der Waals surface area contributed by atoms with Crippen molar-refractivity contribution in [3.05, 3.63) is 22.7 Å². The molecule has 0 unspecified atom stereocenters. The van der Waals surface area contributed by atoms with E-state index in [2.05, 4.69) is 9.47 Å². The van der Waals surface area contributed by atoms with E-state index in [0.29, 0.717) is 0 Å². The van der Waals surface area contributed by atoms with Crippen LogP contribution in [0.1, 0.15) is 17.3 Å². The van der Waals surface area contributed by atoms with E-state index in [0.717, 1.165) is 6.07 Å². The number of nitrogen functional groups attached to an aromatic ring is 1. The van der Waals surface area contributed by atoms with Crippen LogP contribution >= 0.6 is 11.6 Å². The Morgan fingerprint density at radius 1 is 1.53 bits per heavy atom. The molecule has 0 saturated carbocycles. The molecule has 0 aliphatic heterocycles. The molecule has 0 radical (unpaired) electrons. The number of nitrogens with two attached hydrogens (primary N) is 1. The van der Waals surface area contributed by atoms with Crippen molar-refractivity contribution in [2.45, 2.75) is 13.5 Å². The SMILES string of the molecule is CCOC(=O)c1c(OC(F)F)ccc(Cl)c1N. The van der Waals surface area contributed by atoms with Gasteiger partial charge in [-0.15, -0.1) is 0 Å². The normalized spacial score (nSPS) is 10.4. The summed E-state index contributed by atoms with van der Waals surface area (Å²) in [5.41, 5.74) is 5.09. The minimum absolute atomic E-state index is 0.0645. The van der Waals surface area contributed by atoms with E-state index < -0.39 is 12.6 Å². The lowest BCUT2D eigenvalue weighted by atomic mass is 10.1. The van der Waals surface area contributed by atoms with Gasteiger partial charge in [-0.25, -0.2) is 4.79 Å². The van der Waals surface area contributed by atoms with Crippen molar-refractivity contribution in [1.29, 1.82) is 0 Å². The van der Waals surface area contributed by atoms with Crippen LogP contribution in [0.2, 0.25) is 5.02 Å². The first-order valence-electron chi connectivity index (χ1n) is 4.67. The van der Waals surface area contributed by atoms with Gasteiger partial charge in [0, 0.05) is 0 Å². The summed E-state index contributed by atoms with van der Waals surface area (Å²) in [6.07, 6.45) is 0. The van der Waals surface area contributed by atoms with Crippen LogP contribution < -0.4 is 10.5 Å². The number of hydrogen-bond donors (Lipinski definition) is 1. The number of anilines is 1. The van der Waals surface area contributed by atoms with E-state index in [-0.39, 0.29) is 28.6 Å². The number of carbonyl (C=O) groups is 1. The number of carbonyl (C=O) groups excluding carboxylic acids is 1. The van der Waals surface area contributed by atoms with Crippen molar-refractivity contribution >= 4 is 23.3 Å². The predicted octanol–water partition coefficient (Wildman–Crippen LogP) is 2.70. The highest BCUT2D eigenvalue weighted by Crippen LogP contribution is 2.32. The quantitative estimate of drug-likeness (QED) is 0.672. The fourth-order valence-electron chi connectivity index (χ4n) is 1.18. The minimum atomic E-state index is -3.07. The van der Waals surface area contributed by atoms with E-state index >= 15 is 0 Å². The summed E-state index contributed by atoms with van der Waals surface area (Å²) in [5, 5.41) is 0.0645. The van der Waals surface area contributed by atoms with Crippen LogP contribution in [0.3, 0.4) is 0 Å². The first kappa shape index (κ1) is 13.5. The van der Waals surface area contributed by atoms with Gasteiger partial charge in [0.2, 0.25) is 0 Å². The maximum absolute atomic E-state index is 12.1. The molecule has 1 rings (SSSR count). The van der Waals surface area contributed by atoms with Crippen molar-refractivity contribution in [3.8, 4) is 5.75 Å². The molecule has 2 N–H and O–H groups in total. The molecule has 0 fully saturated rings. The van der Waals surface area contributed by atoms with Gasteiger partial charge >= 0.3 is 12.6 Å². The second-order valence-electron chi connectivity index (χ2n) is 2.93. The maximum atomic E-state index is 12.1. The number of ether oxygens (including phenoxy) is 2. The highest BCUT2D eigenvalue weighted by Gasteiger charge is 2.21. The number of rotatable bonds is 4. The summed E-state index contributed by atoms with van der Waals surface area (Å²) in [5.74, 6) is -1.22. The molecule has 0 aromatic heterocycles. The van der Waals surface area contributed by atoms with Crippen molar-refractivity contribution in [2.75, 3.05) is 12.3 Å². The minimum Gasteiger partial charge on any atom is -0.462 e. The van der Waals surface area contributed by atoms with Crippen molar-refractivity contribution in [2.24, 2.45) is 0 Å². The molecule has 0 heterocycles. The Hall–Kier alpha value is -1.56. The highest BCUT2D eigenvalue weighted by molar-refractivity contribution is 6.34. The van der Waals surface area contributed by atoms with Crippen LogP contribution in [-0.2, 0) is 4.74 Å². The third-order valence-corrected chi connectivity index (χ3v) is 2.18. The Morgan fingerprint density at radius 3 is 2.71 bits per heavy atom. The molecule has 0 spiro atoms. The van der Waals surface area contributed by atoms with Crippen molar-refractivity contribution in [3.63, 3.8) is 0 Å².